The van der Waals surface area contributed by atoms with Crippen molar-refractivity contribution in [3.63, 3.8) is 0 Å². The maximum absolute atomic E-state index is 12.6. The van der Waals surface area contributed by atoms with Gasteiger partial charge in [-0.15, -0.1) is 0 Å². The Kier molecular flexibility index (Phi) is 10.9. The van der Waals surface area contributed by atoms with E-state index in [-0.39, 0.29) is 11.8 Å². The van der Waals surface area contributed by atoms with Crippen LogP contribution in [0.15, 0.2) is 72.8 Å². The number of nitrogens with zero attached hydrogens (tertiary/aromatic N) is 2. The molecule has 6 rings (SSSR count). The van der Waals surface area contributed by atoms with Gasteiger partial charge in [-0.2, -0.15) is 0 Å². The van der Waals surface area contributed by atoms with E-state index in [0.29, 0.717) is 32.7 Å². The Morgan fingerprint density at radius 3 is 1.70 bits per heavy atom. The fourth-order valence-electron chi connectivity index (χ4n) is 5.82. The van der Waals surface area contributed by atoms with E-state index in [0.717, 1.165) is 50.4 Å². The zero-order valence-electron chi connectivity index (χ0n) is 26.5. The minimum atomic E-state index is -0.211. The van der Waals surface area contributed by atoms with E-state index in [4.69, 9.17) is 32.7 Å². The molecule has 0 atom stereocenters. The molecular formula is C36H38Cl2N4O4. The summed E-state index contributed by atoms with van der Waals surface area (Å²) >= 11 is 12.0. The molecule has 0 unspecified atom stereocenters. The van der Waals surface area contributed by atoms with E-state index in [1.54, 1.807) is 43.5 Å². The SMILES string of the molecule is COc1cc(Cl)ccc1C(=O)Nc1cccc2c1CCN(C)C2.COc1ccc(Cl)cc1C(=O)Nc1cccc2c1CCN(C)C2. The van der Waals surface area contributed by atoms with Gasteiger partial charge in [0.05, 0.1) is 25.3 Å². The Hall–Kier alpha value is -4.08. The number of hydrogen-bond acceptors (Lipinski definition) is 6. The van der Waals surface area contributed by atoms with Gasteiger partial charge in [0.2, 0.25) is 0 Å². The highest BCUT2D eigenvalue weighted by molar-refractivity contribution is 6.31. The summed E-state index contributed by atoms with van der Waals surface area (Å²) in [6.45, 7) is 3.79. The first-order valence-corrected chi connectivity index (χ1v) is 15.8. The van der Waals surface area contributed by atoms with Crippen molar-refractivity contribution in [2.75, 3.05) is 52.0 Å². The third-order valence-corrected chi connectivity index (χ3v) is 8.69. The molecular weight excluding hydrogens is 623 g/mol. The van der Waals surface area contributed by atoms with Crippen molar-refractivity contribution in [1.82, 2.24) is 9.80 Å². The van der Waals surface area contributed by atoms with Gasteiger partial charge in [0.15, 0.2) is 0 Å². The van der Waals surface area contributed by atoms with Crippen LogP contribution < -0.4 is 20.1 Å². The molecule has 46 heavy (non-hydrogen) atoms. The number of hydrogen-bond donors (Lipinski definition) is 2. The fraction of sp³-hybridized carbons (Fsp3) is 0.278. The normalized spacial score (nSPS) is 14.2. The van der Waals surface area contributed by atoms with Gasteiger partial charge in [0.1, 0.15) is 11.5 Å². The standard InChI is InChI=1S/2C18H19ClN2O2/c1-21-9-8-14-12(11-21)4-3-5-16(14)20-18(22)15-10-13(19)6-7-17(15)23-2;1-21-9-8-14-12(11-21)4-3-5-16(14)20-18(22)15-7-6-13(19)10-17(15)23-2/h2*3-7,10H,8-9,11H2,1-2H3,(H,20,22). The van der Waals surface area contributed by atoms with Crippen LogP contribution in [0.4, 0.5) is 11.4 Å². The number of halogens is 2. The zero-order valence-corrected chi connectivity index (χ0v) is 28.0. The molecule has 0 spiro atoms. The number of ether oxygens (including phenoxy) is 2. The molecule has 10 heteroatoms. The molecule has 4 aromatic carbocycles. The molecule has 2 aliphatic heterocycles. The Morgan fingerprint density at radius 2 is 1.15 bits per heavy atom. The lowest BCUT2D eigenvalue weighted by Crippen LogP contribution is -2.27. The van der Waals surface area contributed by atoms with Gasteiger partial charge in [0.25, 0.3) is 11.8 Å². The number of fused-ring (bicyclic) bond motifs is 2. The van der Waals surface area contributed by atoms with Crippen LogP contribution in [0.1, 0.15) is 43.0 Å². The van der Waals surface area contributed by atoms with Crippen LogP contribution in [-0.4, -0.2) is 63.0 Å². The molecule has 0 radical (unpaired) electrons. The molecule has 0 fully saturated rings. The van der Waals surface area contributed by atoms with Crippen molar-refractivity contribution in [2.45, 2.75) is 25.9 Å². The smallest absolute Gasteiger partial charge is 0.259 e. The van der Waals surface area contributed by atoms with Crippen LogP contribution >= 0.6 is 23.2 Å². The quantitative estimate of drug-likeness (QED) is 0.228. The van der Waals surface area contributed by atoms with E-state index in [1.807, 2.05) is 24.3 Å². The van der Waals surface area contributed by atoms with Crippen LogP contribution in [0.5, 0.6) is 11.5 Å². The second kappa shape index (κ2) is 15.0. The van der Waals surface area contributed by atoms with E-state index in [1.165, 1.54) is 29.4 Å². The Morgan fingerprint density at radius 1 is 0.652 bits per heavy atom. The van der Waals surface area contributed by atoms with Crippen LogP contribution in [0.25, 0.3) is 0 Å². The van der Waals surface area contributed by atoms with Crippen molar-refractivity contribution >= 4 is 46.4 Å². The summed E-state index contributed by atoms with van der Waals surface area (Å²) < 4.78 is 10.5. The third-order valence-electron chi connectivity index (χ3n) is 8.22. The molecule has 2 aliphatic rings. The lowest BCUT2D eigenvalue weighted by molar-refractivity contribution is 0.101. The van der Waals surface area contributed by atoms with Gasteiger partial charge in [0, 0.05) is 47.6 Å². The zero-order chi connectivity index (χ0) is 32.8. The number of methoxy groups -OCH3 is 2. The molecule has 2 amide bonds. The first kappa shape index (κ1) is 33.3. The molecule has 0 aliphatic carbocycles. The van der Waals surface area contributed by atoms with E-state index >= 15 is 0 Å². The van der Waals surface area contributed by atoms with Crippen molar-refractivity contribution in [2.24, 2.45) is 0 Å². The summed E-state index contributed by atoms with van der Waals surface area (Å²) in [5.41, 5.74) is 7.59. The van der Waals surface area contributed by atoms with Gasteiger partial charge >= 0.3 is 0 Å². The molecule has 0 aromatic heterocycles. The molecule has 0 saturated carbocycles. The second-order valence-electron chi connectivity index (χ2n) is 11.5. The lowest BCUT2D eigenvalue weighted by atomic mass is 9.98. The number of amides is 2. The topological polar surface area (TPSA) is 83.1 Å². The Bertz CT molecular complexity index is 1750. The summed E-state index contributed by atoms with van der Waals surface area (Å²) in [5, 5.41) is 7.07. The Labute approximate surface area is 280 Å². The van der Waals surface area contributed by atoms with Gasteiger partial charge < -0.3 is 29.9 Å². The fourth-order valence-corrected chi connectivity index (χ4v) is 6.16. The van der Waals surface area contributed by atoms with Crippen molar-refractivity contribution in [3.8, 4) is 11.5 Å². The summed E-state index contributed by atoms with van der Waals surface area (Å²) in [6, 6.07) is 22.1. The summed E-state index contributed by atoms with van der Waals surface area (Å²) in [4.78, 5) is 29.8. The summed E-state index contributed by atoms with van der Waals surface area (Å²) in [7, 11) is 7.28. The van der Waals surface area contributed by atoms with Crippen LogP contribution in [0.3, 0.4) is 0 Å². The van der Waals surface area contributed by atoms with Crippen LogP contribution in [0.2, 0.25) is 10.0 Å². The van der Waals surface area contributed by atoms with E-state index in [9.17, 15) is 9.59 Å². The molecule has 4 aromatic rings. The third kappa shape index (κ3) is 7.82. The maximum Gasteiger partial charge on any atom is 0.259 e. The number of nitrogens with one attached hydrogen (secondary N) is 2. The number of carbonyl (C=O) groups is 2. The highest BCUT2D eigenvalue weighted by atomic mass is 35.5. The highest BCUT2D eigenvalue weighted by Crippen LogP contribution is 2.30. The molecule has 2 N–H and O–H groups in total. The van der Waals surface area contributed by atoms with E-state index in [2.05, 4.69) is 46.7 Å². The largest absolute Gasteiger partial charge is 0.496 e. The Balaban J connectivity index is 0.000000181. The van der Waals surface area contributed by atoms with Crippen molar-refractivity contribution in [1.29, 1.82) is 0 Å². The highest BCUT2D eigenvalue weighted by Gasteiger charge is 2.21. The number of rotatable bonds is 6. The van der Waals surface area contributed by atoms with Crippen molar-refractivity contribution < 1.29 is 19.1 Å². The summed E-state index contributed by atoms with van der Waals surface area (Å²) in [5.74, 6) is 0.582. The average molecular weight is 662 g/mol. The number of benzene rings is 4. The molecule has 2 heterocycles. The number of likely N-dealkylation sites (N-methyl/N-ethyl adjacent to an activating group) is 2. The molecule has 0 saturated heterocycles. The lowest BCUT2D eigenvalue weighted by Gasteiger charge is -2.26. The minimum absolute atomic E-state index is 0.189. The van der Waals surface area contributed by atoms with Crippen LogP contribution in [-0.2, 0) is 25.9 Å². The predicted octanol–water partition coefficient (Wildman–Crippen LogP) is 7.18. The van der Waals surface area contributed by atoms with Crippen molar-refractivity contribution in [3.05, 3.63) is 116 Å². The van der Waals surface area contributed by atoms with Gasteiger partial charge in [-0.25, -0.2) is 0 Å². The average Bonchev–Trinajstić information content (AvgIpc) is 3.04. The second-order valence-corrected chi connectivity index (χ2v) is 12.3. The predicted molar refractivity (Wildman–Crippen MR) is 185 cm³/mol. The van der Waals surface area contributed by atoms with Crippen LogP contribution in [0, 0.1) is 0 Å². The minimum Gasteiger partial charge on any atom is -0.496 e. The molecule has 0 bridgehead atoms. The van der Waals surface area contributed by atoms with Gasteiger partial charge in [-0.1, -0.05) is 47.5 Å². The van der Waals surface area contributed by atoms with Gasteiger partial charge in [-0.05, 0) is 97.7 Å². The molecule has 240 valence electrons. The maximum atomic E-state index is 12.6. The number of anilines is 2. The summed E-state index contributed by atoms with van der Waals surface area (Å²) in [6.07, 6.45) is 1.86. The van der Waals surface area contributed by atoms with E-state index < -0.39 is 0 Å². The number of carbonyl (C=O) groups excluding carboxylic acids is 2. The first-order chi connectivity index (χ1) is 22.2. The first-order valence-electron chi connectivity index (χ1n) is 15.0. The molecule has 8 nitrogen and oxygen atoms in total. The monoisotopic (exact) mass is 660 g/mol. The van der Waals surface area contributed by atoms with Gasteiger partial charge in [-0.3, -0.25) is 9.59 Å².